The summed E-state index contributed by atoms with van der Waals surface area (Å²) in [6.07, 6.45) is 6.44. The molecule has 2 aromatic rings. The molecule has 114 valence electrons. The number of carbonyl (C=O) groups excluding carboxylic acids is 1. The Kier molecular flexibility index (Phi) is 5.67. The number of phenols is 1. The Morgan fingerprint density at radius 3 is 2.70 bits per heavy atom. The molecule has 5 heteroatoms. The Hall–Kier alpha value is -3.39. The highest BCUT2D eigenvalue weighted by atomic mass is 16.3. The molecule has 0 spiro atoms. The highest BCUT2D eigenvalue weighted by molar-refractivity contribution is 5.97. The molecule has 0 fully saturated rings. The van der Waals surface area contributed by atoms with Crippen molar-refractivity contribution < 1.29 is 9.90 Å². The number of rotatable bonds is 5. The van der Waals surface area contributed by atoms with E-state index in [0.717, 1.165) is 11.3 Å². The summed E-state index contributed by atoms with van der Waals surface area (Å²) < 4.78 is 0. The molecular formula is C18H15N3O2. The highest BCUT2D eigenvalue weighted by Crippen LogP contribution is 2.11. The molecule has 0 aliphatic heterocycles. The monoisotopic (exact) mass is 305 g/mol. The Balaban J connectivity index is 1.96. The minimum Gasteiger partial charge on any atom is -0.508 e. The van der Waals surface area contributed by atoms with E-state index in [2.05, 4.69) is 10.3 Å². The van der Waals surface area contributed by atoms with Crippen LogP contribution in [0.4, 0.5) is 0 Å². The van der Waals surface area contributed by atoms with E-state index < -0.39 is 5.91 Å². The summed E-state index contributed by atoms with van der Waals surface area (Å²) in [5.41, 5.74) is 1.58. The lowest BCUT2D eigenvalue weighted by Gasteiger charge is -2.02. The van der Waals surface area contributed by atoms with Gasteiger partial charge >= 0.3 is 0 Å². The number of nitriles is 1. The summed E-state index contributed by atoms with van der Waals surface area (Å²) in [5.74, 6) is -0.266. The molecule has 23 heavy (non-hydrogen) atoms. The van der Waals surface area contributed by atoms with E-state index in [1.54, 1.807) is 54.7 Å². The van der Waals surface area contributed by atoms with E-state index in [0.29, 0.717) is 0 Å². The van der Waals surface area contributed by atoms with Crippen LogP contribution < -0.4 is 5.32 Å². The van der Waals surface area contributed by atoms with Gasteiger partial charge < -0.3 is 10.4 Å². The Morgan fingerprint density at radius 2 is 2.04 bits per heavy atom. The molecule has 5 nitrogen and oxygen atoms in total. The molecule has 1 heterocycles. The van der Waals surface area contributed by atoms with Gasteiger partial charge in [0.1, 0.15) is 17.4 Å². The van der Waals surface area contributed by atoms with Crippen LogP contribution in [0, 0.1) is 11.3 Å². The van der Waals surface area contributed by atoms with Crippen molar-refractivity contribution in [3.63, 3.8) is 0 Å². The van der Waals surface area contributed by atoms with Gasteiger partial charge in [-0.05, 0) is 35.9 Å². The number of carbonyl (C=O) groups is 1. The van der Waals surface area contributed by atoms with Crippen LogP contribution in [-0.4, -0.2) is 16.0 Å². The van der Waals surface area contributed by atoms with Gasteiger partial charge in [-0.3, -0.25) is 9.78 Å². The highest BCUT2D eigenvalue weighted by Gasteiger charge is 2.07. The van der Waals surface area contributed by atoms with Gasteiger partial charge in [0, 0.05) is 6.20 Å². The van der Waals surface area contributed by atoms with E-state index >= 15 is 0 Å². The number of hydrogen-bond acceptors (Lipinski definition) is 4. The van der Waals surface area contributed by atoms with Crippen LogP contribution >= 0.6 is 0 Å². The predicted molar refractivity (Wildman–Crippen MR) is 86.9 cm³/mol. The zero-order valence-corrected chi connectivity index (χ0v) is 12.3. The average Bonchev–Trinajstić information content (AvgIpc) is 2.59. The average molecular weight is 305 g/mol. The maximum atomic E-state index is 11.9. The second-order valence-corrected chi connectivity index (χ2v) is 4.65. The van der Waals surface area contributed by atoms with Crippen LogP contribution in [0.5, 0.6) is 5.75 Å². The number of phenolic OH excluding ortho intramolecular Hbond substituents is 1. The third kappa shape index (κ3) is 5.14. The smallest absolute Gasteiger partial charge is 0.262 e. The Bertz CT molecular complexity index is 757. The van der Waals surface area contributed by atoms with E-state index in [9.17, 15) is 9.90 Å². The van der Waals surface area contributed by atoms with Crippen molar-refractivity contribution in [2.75, 3.05) is 0 Å². The maximum Gasteiger partial charge on any atom is 0.262 e. The first-order valence-electron chi connectivity index (χ1n) is 6.94. The predicted octanol–water partition coefficient (Wildman–Crippen LogP) is 2.57. The molecule has 0 unspecified atom stereocenters. The number of nitrogens with one attached hydrogen (secondary N) is 1. The van der Waals surface area contributed by atoms with Gasteiger partial charge in [-0.1, -0.05) is 30.4 Å². The van der Waals surface area contributed by atoms with Crippen LogP contribution in [-0.2, 0) is 11.3 Å². The first-order valence-corrected chi connectivity index (χ1v) is 6.94. The minimum atomic E-state index is -0.450. The van der Waals surface area contributed by atoms with Gasteiger partial charge in [-0.15, -0.1) is 0 Å². The normalized spacial score (nSPS) is 11.2. The lowest BCUT2D eigenvalue weighted by molar-refractivity contribution is -0.117. The summed E-state index contributed by atoms with van der Waals surface area (Å²) in [5, 5.41) is 20.9. The quantitative estimate of drug-likeness (QED) is 0.505. The number of aromatic nitrogens is 1. The van der Waals surface area contributed by atoms with E-state index in [1.807, 2.05) is 12.1 Å². The number of hydrogen-bond donors (Lipinski definition) is 2. The molecule has 1 aromatic heterocycles. The van der Waals surface area contributed by atoms with Crippen molar-refractivity contribution in [2.45, 2.75) is 6.54 Å². The van der Waals surface area contributed by atoms with Gasteiger partial charge in [0.25, 0.3) is 5.91 Å². The maximum absolute atomic E-state index is 11.9. The van der Waals surface area contributed by atoms with Crippen molar-refractivity contribution in [2.24, 2.45) is 0 Å². The van der Waals surface area contributed by atoms with E-state index in [4.69, 9.17) is 5.26 Å². The fourth-order valence-corrected chi connectivity index (χ4v) is 1.77. The summed E-state index contributed by atoms with van der Waals surface area (Å²) in [7, 11) is 0. The van der Waals surface area contributed by atoms with Crippen molar-refractivity contribution in [1.82, 2.24) is 10.3 Å². The molecule has 1 amide bonds. The zero-order chi connectivity index (χ0) is 16.5. The van der Waals surface area contributed by atoms with Crippen LogP contribution in [0.2, 0.25) is 0 Å². The van der Waals surface area contributed by atoms with Crippen molar-refractivity contribution in [1.29, 1.82) is 5.26 Å². The first kappa shape index (κ1) is 16.0. The summed E-state index contributed by atoms with van der Waals surface area (Å²) in [6, 6.07) is 13.9. The van der Waals surface area contributed by atoms with Gasteiger partial charge in [0.05, 0.1) is 12.2 Å². The van der Waals surface area contributed by atoms with Crippen LogP contribution in [0.3, 0.4) is 0 Å². The van der Waals surface area contributed by atoms with Crippen molar-refractivity contribution in [3.05, 3.63) is 77.6 Å². The number of benzene rings is 1. The summed E-state index contributed by atoms with van der Waals surface area (Å²) in [6.45, 7) is 0.264. The molecule has 0 radical (unpaired) electrons. The second-order valence-electron chi connectivity index (χ2n) is 4.65. The van der Waals surface area contributed by atoms with Crippen LogP contribution in [0.1, 0.15) is 11.3 Å². The molecule has 2 rings (SSSR count). The number of nitrogens with zero attached hydrogens (tertiary/aromatic N) is 2. The Labute approximate surface area is 134 Å². The molecule has 1 aromatic carbocycles. The standard InChI is InChI=1S/C18H15N3O2/c19-12-15(5-3-4-14-7-9-17(22)10-8-14)18(23)21-13-16-6-1-2-11-20-16/h1-11,22H,13H2,(H,21,23). The molecule has 2 N–H and O–H groups in total. The third-order valence-electron chi connectivity index (χ3n) is 2.97. The molecule has 0 saturated heterocycles. The summed E-state index contributed by atoms with van der Waals surface area (Å²) in [4.78, 5) is 16.0. The summed E-state index contributed by atoms with van der Waals surface area (Å²) >= 11 is 0. The van der Waals surface area contributed by atoms with Crippen LogP contribution in [0.25, 0.3) is 6.08 Å². The number of pyridine rings is 1. The largest absolute Gasteiger partial charge is 0.508 e. The molecule has 0 aliphatic carbocycles. The van der Waals surface area contributed by atoms with Crippen molar-refractivity contribution in [3.8, 4) is 11.8 Å². The van der Waals surface area contributed by atoms with Gasteiger partial charge in [-0.25, -0.2) is 0 Å². The number of allylic oxidation sites excluding steroid dienone is 2. The lowest BCUT2D eigenvalue weighted by Crippen LogP contribution is -2.24. The molecule has 0 bridgehead atoms. The zero-order valence-electron chi connectivity index (χ0n) is 12.3. The van der Waals surface area contributed by atoms with Crippen molar-refractivity contribution >= 4 is 12.0 Å². The Morgan fingerprint density at radius 1 is 1.26 bits per heavy atom. The second kappa shape index (κ2) is 8.15. The lowest BCUT2D eigenvalue weighted by atomic mass is 10.2. The van der Waals surface area contributed by atoms with Gasteiger partial charge in [0.2, 0.25) is 0 Å². The first-order chi connectivity index (χ1) is 11.2. The molecule has 0 aliphatic rings. The fourth-order valence-electron chi connectivity index (χ4n) is 1.77. The topological polar surface area (TPSA) is 86.0 Å². The third-order valence-corrected chi connectivity index (χ3v) is 2.97. The number of amides is 1. The van der Waals surface area contributed by atoms with E-state index in [1.165, 1.54) is 6.08 Å². The van der Waals surface area contributed by atoms with Gasteiger partial charge in [-0.2, -0.15) is 5.26 Å². The SMILES string of the molecule is N#CC(=CC=Cc1ccc(O)cc1)C(=O)NCc1ccccn1. The van der Waals surface area contributed by atoms with E-state index in [-0.39, 0.29) is 17.9 Å². The minimum absolute atomic E-state index is 0.0101. The fraction of sp³-hybridized carbons (Fsp3) is 0.0556. The van der Waals surface area contributed by atoms with Crippen LogP contribution in [0.15, 0.2) is 66.4 Å². The molecule has 0 saturated carbocycles. The van der Waals surface area contributed by atoms with Gasteiger partial charge in [0.15, 0.2) is 0 Å². The molecule has 0 atom stereocenters. The molecular weight excluding hydrogens is 290 g/mol. The number of aromatic hydroxyl groups is 1.